The molecule has 0 fully saturated rings. The van der Waals surface area contributed by atoms with Crippen molar-refractivity contribution in [2.75, 3.05) is 0 Å². The predicted octanol–water partition coefficient (Wildman–Crippen LogP) is 5.52. The molecule has 22 heavy (non-hydrogen) atoms. The Morgan fingerprint density at radius 1 is 1.05 bits per heavy atom. The first kappa shape index (κ1) is 15.1. The number of nitrogens with one attached hydrogen (secondary N) is 1. The van der Waals surface area contributed by atoms with Gasteiger partial charge in [-0.2, -0.15) is 0 Å². The third-order valence-electron chi connectivity index (χ3n) is 4.81. The Hall–Kier alpha value is -1.83. The Morgan fingerprint density at radius 2 is 1.91 bits per heavy atom. The summed E-state index contributed by atoms with van der Waals surface area (Å²) >= 11 is 0. The van der Waals surface area contributed by atoms with Crippen LogP contribution in [0.1, 0.15) is 62.9 Å². The molecule has 2 nitrogen and oxygen atoms in total. The molecule has 116 valence electrons. The van der Waals surface area contributed by atoms with E-state index in [2.05, 4.69) is 47.3 Å². The van der Waals surface area contributed by atoms with Crippen LogP contribution in [0.2, 0.25) is 0 Å². The lowest BCUT2D eigenvalue weighted by atomic mass is 9.84. The van der Waals surface area contributed by atoms with Gasteiger partial charge >= 0.3 is 0 Å². The van der Waals surface area contributed by atoms with Crippen LogP contribution in [-0.2, 0) is 0 Å². The molecule has 1 unspecified atom stereocenters. The molecule has 1 N–H and O–H groups in total. The lowest BCUT2D eigenvalue weighted by Crippen LogP contribution is -2.06. The molecular weight excluding hydrogens is 268 g/mol. The topological polar surface area (TPSA) is 28.7 Å². The molecule has 3 rings (SSSR count). The minimum absolute atomic E-state index is 0.445. The Balaban J connectivity index is 2.08. The minimum Gasteiger partial charge on any atom is -0.346 e. The predicted molar refractivity (Wildman–Crippen MR) is 92.8 cm³/mol. The van der Waals surface area contributed by atoms with Crippen molar-refractivity contribution in [3.05, 3.63) is 64.8 Å². The van der Waals surface area contributed by atoms with Gasteiger partial charge in [0.15, 0.2) is 0 Å². The summed E-state index contributed by atoms with van der Waals surface area (Å²) < 4.78 is 0. The summed E-state index contributed by atoms with van der Waals surface area (Å²) in [5.41, 5.74) is 5.72. The molecule has 0 saturated heterocycles. The standard InChI is InChI=1S/C20H26N2/c1-15-10-6-5-9-12-18-17(15)11-7-3-4-8-13-19(18)20-14-21-16(2)22-20/h5-6,9-10,12,14,19H,3-4,7-8,11,13H2,1-2H3,(H,21,22). The first-order valence-corrected chi connectivity index (χ1v) is 8.52. The van der Waals surface area contributed by atoms with Crippen LogP contribution in [0.3, 0.4) is 0 Å². The molecule has 0 aliphatic heterocycles. The summed E-state index contributed by atoms with van der Waals surface area (Å²) in [6, 6.07) is 0. The Labute approximate surface area is 133 Å². The average Bonchev–Trinajstić information content (AvgIpc) is 2.94. The molecule has 2 aliphatic carbocycles. The summed E-state index contributed by atoms with van der Waals surface area (Å²) in [6.45, 7) is 4.29. The van der Waals surface area contributed by atoms with Gasteiger partial charge in [-0.3, -0.25) is 0 Å². The number of allylic oxidation sites excluding steroid dienone is 8. The lowest BCUT2D eigenvalue weighted by Gasteiger charge is -2.21. The molecule has 1 aromatic rings. The number of rotatable bonds is 1. The van der Waals surface area contributed by atoms with Gasteiger partial charge in [0, 0.05) is 17.8 Å². The second-order valence-electron chi connectivity index (χ2n) is 6.46. The van der Waals surface area contributed by atoms with Gasteiger partial charge in [-0.25, -0.2) is 4.98 Å². The van der Waals surface area contributed by atoms with Gasteiger partial charge in [0.1, 0.15) is 5.82 Å². The van der Waals surface area contributed by atoms with Gasteiger partial charge in [0.2, 0.25) is 0 Å². The molecule has 0 aromatic carbocycles. The molecular formula is C20H26N2. The number of hydrogen-bond donors (Lipinski definition) is 1. The smallest absolute Gasteiger partial charge is 0.103 e. The van der Waals surface area contributed by atoms with E-state index in [-0.39, 0.29) is 0 Å². The maximum atomic E-state index is 4.44. The first-order chi connectivity index (χ1) is 10.8. The zero-order valence-corrected chi connectivity index (χ0v) is 13.7. The second-order valence-corrected chi connectivity index (χ2v) is 6.46. The summed E-state index contributed by atoms with van der Waals surface area (Å²) in [6.07, 6.45) is 20.8. The number of aryl methyl sites for hydroxylation is 1. The van der Waals surface area contributed by atoms with Crippen molar-refractivity contribution < 1.29 is 0 Å². The van der Waals surface area contributed by atoms with Crippen LogP contribution in [0.5, 0.6) is 0 Å². The molecule has 0 amide bonds. The van der Waals surface area contributed by atoms with E-state index in [0.717, 1.165) is 5.82 Å². The van der Waals surface area contributed by atoms with Crippen molar-refractivity contribution in [2.24, 2.45) is 0 Å². The van der Waals surface area contributed by atoms with Gasteiger partial charge in [-0.05, 0) is 49.8 Å². The molecule has 2 aliphatic rings. The number of imidazole rings is 1. The highest BCUT2D eigenvalue weighted by Gasteiger charge is 2.22. The summed E-state index contributed by atoms with van der Waals surface area (Å²) in [7, 11) is 0. The summed E-state index contributed by atoms with van der Waals surface area (Å²) in [5, 5.41) is 0. The number of nitrogens with zero attached hydrogens (tertiary/aromatic N) is 1. The lowest BCUT2D eigenvalue weighted by molar-refractivity contribution is 0.594. The normalized spacial score (nSPS) is 23.0. The van der Waals surface area contributed by atoms with Crippen LogP contribution < -0.4 is 0 Å². The van der Waals surface area contributed by atoms with Crippen LogP contribution in [0.15, 0.2) is 53.3 Å². The minimum atomic E-state index is 0.445. The Morgan fingerprint density at radius 3 is 2.73 bits per heavy atom. The molecule has 1 aromatic heterocycles. The maximum absolute atomic E-state index is 4.44. The summed E-state index contributed by atoms with van der Waals surface area (Å²) in [5.74, 6) is 1.46. The SMILES string of the molecule is CC1=CC=CC=CC2=C1CCCCCCC2c1cnc(C)[nH]1. The van der Waals surface area contributed by atoms with Crippen LogP contribution >= 0.6 is 0 Å². The van der Waals surface area contributed by atoms with Gasteiger partial charge in [0.25, 0.3) is 0 Å². The van der Waals surface area contributed by atoms with E-state index in [4.69, 9.17) is 0 Å². The van der Waals surface area contributed by atoms with Gasteiger partial charge in [-0.15, -0.1) is 0 Å². The van der Waals surface area contributed by atoms with E-state index in [9.17, 15) is 0 Å². The van der Waals surface area contributed by atoms with Gasteiger partial charge < -0.3 is 4.98 Å². The third-order valence-corrected chi connectivity index (χ3v) is 4.81. The largest absolute Gasteiger partial charge is 0.346 e. The number of aromatic nitrogens is 2. The van der Waals surface area contributed by atoms with Crippen LogP contribution in [0.25, 0.3) is 0 Å². The Bertz CT molecular complexity index is 640. The zero-order valence-electron chi connectivity index (χ0n) is 13.7. The molecule has 0 spiro atoms. The fourth-order valence-corrected chi connectivity index (χ4v) is 3.62. The number of hydrogen-bond acceptors (Lipinski definition) is 1. The van der Waals surface area contributed by atoms with E-state index in [1.165, 1.54) is 55.4 Å². The third kappa shape index (κ3) is 3.32. The molecule has 0 radical (unpaired) electrons. The van der Waals surface area contributed by atoms with E-state index < -0.39 is 0 Å². The zero-order chi connectivity index (χ0) is 15.4. The average molecular weight is 294 g/mol. The fourth-order valence-electron chi connectivity index (χ4n) is 3.62. The van der Waals surface area contributed by atoms with E-state index >= 15 is 0 Å². The highest BCUT2D eigenvalue weighted by Crippen LogP contribution is 2.37. The first-order valence-electron chi connectivity index (χ1n) is 8.52. The second kappa shape index (κ2) is 6.95. The number of aromatic amines is 1. The van der Waals surface area contributed by atoms with Crippen molar-refractivity contribution in [3.8, 4) is 0 Å². The molecule has 0 bridgehead atoms. The van der Waals surface area contributed by atoms with Crippen LogP contribution in [0.4, 0.5) is 0 Å². The van der Waals surface area contributed by atoms with Gasteiger partial charge in [-0.1, -0.05) is 49.6 Å². The van der Waals surface area contributed by atoms with E-state index in [0.29, 0.717) is 5.92 Å². The molecule has 1 heterocycles. The molecule has 0 saturated carbocycles. The highest BCUT2D eigenvalue weighted by molar-refractivity contribution is 5.47. The van der Waals surface area contributed by atoms with E-state index in [1.807, 2.05) is 13.1 Å². The van der Waals surface area contributed by atoms with Crippen LogP contribution in [0, 0.1) is 6.92 Å². The van der Waals surface area contributed by atoms with Crippen molar-refractivity contribution >= 4 is 0 Å². The van der Waals surface area contributed by atoms with Gasteiger partial charge in [0.05, 0.1) is 0 Å². The Kier molecular flexibility index (Phi) is 4.77. The summed E-state index contributed by atoms with van der Waals surface area (Å²) in [4.78, 5) is 7.92. The van der Waals surface area contributed by atoms with Crippen molar-refractivity contribution in [1.29, 1.82) is 0 Å². The maximum Gasteiger partial charge on any atom is 0.103 e. The number of H-pyrrole nitrogens is 1. The molecule has 2 heteroatoms. The van der Waals surface area contributed by atoms with E-state index in [1.54, 1.807) is 5.57 Å². The molecule has 1 atom stereocenters. The highest BCUT2D eigenvalue weighted by atomic mass is 14.9. The quantitative estimate of drug-likeness (QED) is 0.725. The van der Waals surface area contributed by atoms with Crippen molar-refractivity contribution in [2.45, 2.75) is 58.3 Å². The fraction of sp³-hybridized carbons (Fsp3) is 0.450. The van der Waals surface area contributed by atoms with Crippen molar-refractivity contribution in [1.82, 2.24) is 9.97 Å². The van der Waals surface area contributed by atoms with Crippen LogP contribution in [-0.4, -0.2) is 9.97 Å². The van der Waals surface area contributed by atoms with Crippen molar-refractivity contribution in [3.63, 3.8) is 0 Å². The monoisotopic (exact) mass is 294 g/mol.